The second kappa shape index (κ2) is 6.87. The first kappa shape index (κ1) is 16.7. The van der Waals surface area contributed by atoms with Gasteiger partial charge in [0.05, 0.1) is 12.6 Å². The van der Waals surface area contributed by atoms with E-state index in [1.807, 2.05) is 4.90 Å². The second-order valence-corrected chi connectivity index (χ2v) is 7.77. The van der Waals surface area contributed by atoms with Gasteiger partial charge in [0.25, 0.3) is 0 Å². The maximum atomic E-state index is 12.8. The second-order valence-electron chi connectivity index (χ2n) is 7.77. The third-order valence-corrected chi connectivity index (χ3v) is 5.88. The van der Waals surface area contributed by atoms with E-state index >= 15 is 0 Å². The van der Waals surface area contributed by atoms with Gasteiger partial charge < -0.3 is 15.0 Å². The summed E-state index contributed by atoms with van der Waals surface area (Å²) in [5.74, 6) is 0.957. The summed E-state index contributed by atoms with van der Waals surface area (Å²) in [5, 5.41) is 3.27. The van der Waals surface area contributed by atoms with Crippen molar-refractivity contribution in [3.8, 4) is 5.75 Å². The number of nitrogens with one attached hydrogen (secondary N) is 1. The number of urea groups is 1. The Morgan fingerprint density at radius 2 is 1.96 bits per heavy atom. The van der Waals surface area contributed by atoms with Gasteiger partial charge in [-0.25, -0.2) is 4.79 Å². The summed E-state index contributed by atoms with van der Waals surface area (Å²) < 4.78 is 5.86. The molecular weight excluding hydrogens is 314 g/mol. The van der Waals surface area contributed by atoms with Crippen molar-refractivity contribution in [2.24, 2.45) is 0 Å². The SMILES string of the molecule is Cc1cc(C)c2c(c1)C(NC(=O)N1CCC(N3CCCC3)C1)CCO2. The van der Waals surface area contributed by atoms with Gasteiger partial charge in [0.1, 0.15) is 5.75 Å². The monoisotopic (exact) mass is 343 g/mol. The average molecular weight is 343 g/mol. The number of carbonyl (C=O) groups excluding carboxylic acids is 1. The highest BCUT2D eigenvalue weighted by Crippen LogP contribution is 2.36. The number of ether oxygens (including phenoxy) is 1. The summed E-state index contributed by atoms with van der Waals surface area (Å²) in [4.78, 5) is 17.4. The van der Waals surface area contributed by atoms with Crippen molar-refractivity contribution in [1.82, 2.24) is 15.1 Å². The molecule has 1 aromatic rings. The van der Waals surface area contributed by atoms with E-state index in [9.17, 15) is 4.79 Å². The molecule has 4 rings (SSSR count). The van der Waals surface area contributed by atoms with Gasteiger partial charge >= 0.3 is 6.03 Å². The van der Waals surface area contributed by atoms with Gasteiger partial charge in [0.15, 0.2) is 0 Å². The zero-order valence-corrected chi connectivity index (χ0v) is 15.4. The Morgan fingerprint density at radius 1 is 1.16 bits per heavy atom. The summed E-state index contributed by atoms with van der Waals surface area (Å²) in [5.41, 5.74) is 3.51. The maximum Gasteiger partial charge on any atom is 0.317 e. The first-order valence-corrected chi connectivity index (χ1v) is 9.65. The maximum absolute atomic E-state index is 12.8. The van der Waals surface area contributed by atoms with Crippen LogP contribution in [0.5, 0.6) is 5.75 Å². The Kier molecular flexibility index (Phi) is 4.59. The van der Waals surface area contributed by atoms with Crippen LogP contribution in [0.3, 0.4) is 0 Å². The molecule has 5 nitrogen and oxygen atoms in total. The minimum absolute atomic E-state index is 0.0562. The van der Waals surface area contributed by atoms with E-state index < -0.39 is 0 Å². The third-order valence-electron chi connectivity index (χ3n) is 5.88. The fraction of sp³-hybridized carbons (Fsp3) is 0.650. The molecule has 3 heterocycles. The number of aryl methyl sites for hydroxylation is 2. The Bertz CT molecular complexity index is 655. The topological polar surface area (TPSA) is 44.8 Å². The molecule has 2 fully saturated rings. The van der Waals surface area contributed by atoms with Crippen LogP contribution in [0.25, 0.3) is 0 Å². The first-order chi connectivity index (χ1) is 12.1. The highest BCUT2D eigenvalue weighted by atomic mass is 16.5. The highest BCUT2D eigenvalue weighted by Gasteiger charge is 2.33. The van der Waals surface area contributed by atoms with Gasteiger partial charge in [0, 0.05) is 31.1 Å². The van der Waals surface area contributed by atoms with Crippen LogP contribution in [0.4, 0.5) is 4.79 Å². The molecule has 2 unspecified atom stereocenters. The van der Waals surface area contributed by atoms with Gasteiger partial charge in [-0.2, -0.15) is 0 Å². The van der Waals surface area contributed by atoms with E-state index in [-0.39, 0.29) is 12.1 Å². The molecule has 0 bridgehead atoms. The fourth-order valence-corrected chi connectivity index (χ4v) is 4.60. The number of hydrogen-bond donors (Lipinski definition) is 1. The van der Waals surface area contributed by atoms with Crippen molar-refractivity contribution in [1.29, 1.82) is 0 Å². The Morgan fingerprint density at radius 3 is 2.76 bits per heavy atom. The molecule has 3 aliphatic heterocycles. The summed E-state index contributed by atoms with van der Waals surface area (Å²) in [6.45, 7) is 8.99. The summed E-state index contributed by atoms with van der Waals surface area (Å²) >= 11 is 0. The quantitative estimate of drug-likeness (QED) is 0.898. The summed E-state index contributed by atoms with van der Waals surface area (Å²) in [6, 6.07) is 4.99. The molecule has 0 radical (unpaired) electrons. The molecule has 2 saturated heterocycles. The van der Waals surface area contributed by atoms with Gasteiger partial charge in [-0.1, -0.05) is 17.7 Å². The number of nitrogens with zero attached hydrogens (tertiary/aromatic N) is 2. The van der Waals surface area contributed by atoms with E-state index in [1.54, 1.807) is 0 Å². The molecule has 2 atom stereocenters. The summed E-state index contributed by atoms with van der Waals surface area (Å²) in [6.07, 6.45) is 4.56. The first-order valence-electron chi connectivity index (χ1n) is 9.65. The van der Waals surface area contributed by atoms with Crippen LogP contribution in [0.2, 0.25) is 0 Å². The molecule has 1 N–H and O–H groups in total. The molecule has 0 aromatic heterocycles. The number of fused-ring (bicyclic) bond motifs is 1. The minimum Gasteiger partial charge on any atom is -0.493 e. The zero-order chi connectivity index (χ0) is 17.4. The molecular formula is C20H29N3O2. The van der Waals surface area contributed by atoms with Gasteiger partial charge in [-0.15, -0.1) is 0 Å². The van der Waals surface area contributed by atoms with Crippen LogP contribution in [-0.4, -0.2) is 54.7 Å². The van der Waals surface area contributed by atoms with E-state index in [4.69, 9.17) is 4.74 Å². The Hall–Kier alpha value is -1.75. The molecule has 1 aromatic carbocycles. The number of carbonyl (C=O) groups is 1. The Balaban J connectivity index is 1.42. The minimum atomic E-state index is 0.0562. The van der Waals surface area contributed by atoms with E-state index in [0.29, 0.717) is 12.6 Å². The molecule has 0 saturated carbocycles. The van der Waals surface area contributed by atoms with Crippen LogP contribution in [0.15, 0.2) is 12.1 Å². The fourth-order valence-electron chi connectivity index (χ4n) is 4.60. The Labute approximate surface area is 150 Å². The largest absolute Gasteiger partial charge is 0.493 e. The van der Waals surface area contributed by atoms with Crippen molar-refractivity contribution < 1.29 is 9.53 Å². The van der Waals surface area contributed by atoms with Crippen LogP contribution in [-0.2, 0) is 0 Å². The normalized spacial score (nSPS) is 26.4. The molecule has 136 valence electrons. The lowest BCUT2D eigenvalue weighted by molar-refractivity contribution is 0.188. The van der Waals surface area contributed by atoms with Gasteiger partial charge in [-0.3, -0.25) is 4.90 Å². The highest BCUT2D eigenvalue weighted by molar-refractivity contribution is 5.75. The number of rotatable bonds is 2. The predicted molar refractivity (Wildman–Crippen MR) is 98.1 cm³/mol. The van der Waals surface area contributed by atoms with E-state index in [0.717, 1.165) is 42.8 Å². The van der Waals surface area contributed by atoms with Crippen molar-refractivity contribution >= 4 is 6.03 Å². The van der Waals surface area contributed by atoms with E-state index in [1.165, 1.54) is 31.5 Å². The lowest BCUT2D eigenvalue weighted by atomic mass is 9.96. The number of hydrogen-bond acceptors (Lipinski definition) is 3. The average Bonchev–Trinajstić information content (AvgIpc) is 3.27. The van der Waals surface area contributed by atoms with Crippen LogP contribution in [0, 0.1) is 13.8 Å². The molecule has 0 spiro atoms. The van der Waals surface area contributed by atoms with Crippen molar-refractivity contribution in [2.75, 3.05) is 32.8 Å². The van der Waals surface area contributed by atoms with Crippen molar-refractivity contribution in [2.45, 2.75) is 51.6 Å². The zero-order valence-electron chi connectivity index (χ0n) is 15.4. The molecule has 25 heavy (non-hydrogen) atoms. The van der Waals surface area contributed by atoms with Crippen LogP contribution < -0.4 is 10.1 Å². The van der Waals surface area contributed by atoms with E-state index in [2.05, 4.69) is 36.2 Å². The van der Waals surface area contributed by atoms with Crippen molar-refractivity contribution in [3.05, 3.63) is 28.8 Å². The lowest BCUT2D eigenvalue weighted by Crippen LogP contribution is -2.43. The standard InChI is InChI=1S/C20H29N3O2/c1-14-11-15(2)19-17(12-14)18(6-10-25-19)21-20(24)23-9-5-16(13-23)22-7-3-4-8-22/h11-12,16,18H,3-10,13H2,1-2H3,(H,21,24). The summed E-state index contributed by atoms with van der Waals surface area (Å²) in [7, 11) is 0. The molecule has 3 aliphatic rings. The smallest absolute Gasteiger partial charge is 0.317 e. The number of likely N-dealkylation sites (tertiary alicyclic amines) is 2. The molecule has 0 aliphatic carbocycles. The van der Waals surface area contributed by atoms with Crippen LogP contribution in [0.1, 0.15) is 48.4 Å². The number of amides is 2. The number of benzene rings is 1. The lowest BCUT2D eigenvalue weighted by Gasteiger charge is -2.30. The predicted octanol–water partition coefficient (Wildman–Crippen LogP) is 3.01. The molecule has 5 heteroatoms. The molecule has 2 amide bonds. The van der Waals surface area contributed by atoms with Crippen LogP contribution >= 0.6 is 0 Å². The van der Waals surface area contributed by atoms with Gasteiger partial charge in [0.2, 0.25) is 0 Å². The van der Waals surface area contributed by atoms with Gasteiger partial charge in [-0.05, 0) is 51.8 Å². The third kappa shape index (κ3) is 3.34. The van der Waals surface area contributed by atoms with Crippen molar-refractivity contribution in [3.63, 3.8) is 0 Å².